The van der Waals surface area contributed by atoms with E-state index in [0.29, 0.717) is 30.2 Å². The Morgan fingerprint density at radius 2 is 1.93 bits per heavy atom. The highest BCUT2D eigenvalue weighted by atomic mass is 19.1. The molecule has 1 aliphatic rings. The van der Waals surface area contributed by atoms with Crippen molar-refractivity contribution in [3.8, 4) is 11.5 Å². The van der Waals surface area contributed by atoms with Gasteiger partial charge in [0, 0.05) is 12.3 Å². The van der Waals surface area contributed by atoms with Gasteiger partial charge < -0.3 is 14.8 Å². The highest BCUT2D eigenvalue weighted by molar-refractivity contribution is 5.92. The number of pyridine rings is 1. The van der Waals surface area contributed by atoms with Crippen molar-refractivity contribution in [2.75, 3.05) is 18.5 Å². The number of halogens is 2. The Hall–Kier alpha value is -2.70. The molecular weight excluding hydrogens is 354 g/mol. The Morgan fingerprint density at radius 1 is 1.11 bits per heavy atom. The lowest BCUT2D eigenvalue weighted by molar-refractivity contribution is -0.118. The number of carbonyl (C=O) groups is 1. The second-order valence-corrected chi connectivity index (χ2v) is 6.58. The van der Waals surface area contributed by atoms with E-state index >= 15 is 0 Å². The first-order valence-electron chi connectivity index (χ1n) is 9.07. The molecule has 5 nitrogen and oxygen atoms in total. The predicted molar refractivity (Wildman–Crippen MR) is 96.8 cm³/mol. The number of ether oxygens (including phenoxy) is 2. The van der Waals surface area contributed by atoms with E-state index in [4.69, 9.17) is 9.47 Å². The van der Waals surface area contributed by atoms with Gasteiger partial charge in [0.25, 0.3) is 5.91 Å². The molecule has 0 saturated heterocycles. The second kappa shape index (κ2) is 9.30. The van der Waals surface area contributed by atoms with Crippen molar-refractivity contribution in [3.63, 3.8) is 0 Å². The van der Waals surface area contributed by atoms with Crippen molar-refractivity contribution >= 4 is 11.7 Å². The average molecular weight is 376 g/mol. The van der Waals surface area contributed by atoms with Crippen LogP contribution < -0.4 is 14.8 Å². The smallest absolute Gasteiger partial charge is 0.263 e. The summed E-state index contributed by atoms with van der Waals surface area (Å²) in [4.78, 5) is 16.2. The first kappa shape index (κ1) is 19.1. The quantitative estimate of drug-likeness (QED) is 0.781. The minimum Gasteiger partial charge on any atom is -0.489 e. The molecule has 144 valence electrons. The SMILES string of the molecule is O=C(COc1ccc(F)cc1F)Nc1ncccc1OCC1CCCCC1. The van der Waals surface area contributed by atoms with E-state index in [1.54, 1.807) is 18.3 Å². The van der Waals surface area contributed by atoms with Gasteiger partial charge in [-0.15, -0.1) is 0 Å². The first-order chi connectivity index (χ1) is 13.1. The zero-order valence-corrected chi connectivity index (χ0v) is 14.9. The van der Waals surface area contributed by atoms with Crippen LogP contribution in [0.25, 0.3) is 0 Å². The van der Waals surface area contributed by atoms with Gasteiger partial charge in [0.1, 0.15) is 5.82 Å². The molecule has 7 heteroatoms. The van der Waals surface area contributed by atoms with E-state index in [9.17, 15) is 13.6 Å². The van der Waals surface area contributed by atoms with Gasteiger partial charge >= 0.3 is 0 Å². The summed E-state index contributed by atoms with van der Waals surface area (Å²) in [5.41, 5.74) is 0. The van der Waals surface area contributed by atoms with Crippen molar-refractivity contribution in [1.29, 1.82) is 0 Å². The van der Waals surface area contributed by atoms with Crippen molar-refractivity contribution in [3.05, 3.63) is 48.2 Å². The summed E-state index contributed by atoms with van der Waals surface area (Å²) in [7, 11) is 0. The van der Waals surface area contributed by atoms with Crippen LogP contribution in [0.4, 0.5) is 14.6 Å². The zero-order chi connectivity index (χ0) is 19.1. The molecule has 0 atom stereocenters. The Balaban J connectivity index is 1.54. The van der Waals surface area contributed by atoms with Crippen molar-refractivity contribution < 1.29 is 23.0 Å². The molecule has 27 heavy (non-hydrogen) atoms. The minimum absolute atomic E-state index is 0.193. The lowest BCUT2D eigenvalue weighted by Gasteiger charge is -2.22. The van der Waals surface area contributed by atoms with Crippen LogP contribution in [0.2, 0.25) is 0 Å². The lowest BCUT2D eigenvalue weighted by atomic mass is 9.90. The van der Waals surface area contributed by atoms with Crippen LogP contribution >= 0.6 is 0 Å². The topological polar surface area (TPSA) is 60.5 Å². The Kier molecular flexibility index (Phi) is 6.57. The number of nitrogens with zero attached hydrogens (tertiary/aromatic N) is 1. The van der Waals surface area contributed by atoms with E-state index in [2.05, 4.69) is 10.3 Å². The summed E-state index contributed by atoms with van der Waals surface area (Å²) in [6, 6.07) is 6.37. The monoisotopic (exact) mass is 376 g/mol. The number of nitrogens with one attached hydrogen (secondary N) is 1. The highest BCUT2D eigenvalue weighted by Gasteiger charge is 2.16. The van der Waals surface area contributed by atoms with Crippen LogP contribution in [-0.4, -0.2) is 24.1 Å². The van der Waals surface area contributed by atoms with Crippen molar-refractivity contribution in [2.45, 2.75) is 32.1 Å². The number of carbonyl (C=O) groups excluding carboxylic acids is 1. The lowest BCUT2D eigenvalue weighted by Crippen LogP contribution is -2.22. The van der Waals surface area contributed by atoms with Crippen LogP contribution in [0, 0.1) is 17.6 Å². The molecule has 1 heterocycles. The maximum Gasteiger partial charge on any atom is 0.263 e. The van der Waals surface area contributed by atoms with Gasteiger partial charge in [0.05, 0.1) is 6.61 Å². The molecule has 1 amide bonds. The maximum atomic E-state index is 13.5. The molecule has 0 bridgehead atoms. The van der Waals surface area contributed by atoms with Gasteiger partial charge in [0.15, 0.2) is 29.7 Å². The van der Waals surface area contributed by atoms with Gasteiger partial charge in [-0.25, -0.2) is 13.8 Å². The largest absolute Gasteiger partial charge is 0.489 e. The van der Waals surface area contributed by atoms with E-state index in [1.165, 1.54) is 19.3 Å². The average Bonchev–Trinajstić information content (AvgIpc) is 2.67. The first-order valence-corrected chi connectivity index (χ1v) is 9.07. The molecule has 3 rings (SSSR count). The third kappa shape index (κ3) is 5.64. The summed E-state index contributed by atoms with van der Waals surface area (Å²) in [5, 5.41) is 2.60. The molecule has 1 aromatic carbocycles. The van der Waals surface area contributed by atoms with E-state index in [1.807, 2.05) is 0 Å². The number of aromatic nitrogens is 1. The van der Waals surface area contributed by atoms with Gasteiger partial charge in [-0.05, 0) is 43.0 Å². The van der Waals surface area contributed by atoms with E-state index in [0.717, 1.165) is 25.0 Å². The molecule has 2 aromatic rings. The van der Waals surface area contributed by atoms with Gasteiger partial charge in [-0.1, -0.05) is 19.3 Å². The fourth-order valence-electron chi connectivity index (χ4n) is 3.07. The summed E-state index contributed by atoms with van der Waals surface area (Å²) >= 11 is 0. The molecule has 0 spiro atoms. The number of amides is 1. The summed E-state index contributed by atoms with van der Waals surface area (Å²) in [6.45, 7) is 0.160. The van der Waals surface area contributed by atoms with Gasteiger partial charge in [-0.3, -0.25) is 4.79 Å². The molecule has 1 N–H and O–H groups in total. The molecule has 0 radical (unpaired) electrons. The Bertz CT molecular complexity index is 780. The zero-order valence-electron chi connectivity index (χ0n) is 14.9. The molecule has 0 unspecified atom stereocenters. The molecule has 1 fully saturated rings. The van der Waals surface area contributed by atoms with Crippen LogP contribution in [0.1, 0.15) is 32.1 Å². The van der Waals surface area contributed by atoms with Crippen LogP contribution in [0.5, 0.6) is 11.5 Å². The van der Waals surface area contributed by atoms with Crippen LogP contribution in [0.15, 0.2) is 36.5 Å². The molecular formula is C20H22F2N2O3. The molecule has 1 aromatic heterocycles. The number of benzene rings is 1. The normalized spacial score (nSPS) is 14.6. The molecule has 0 aliphatic heterocycles. The fraction of sp³-hybridized carbons (Fsp3) is 0.400. The third-order valence-corrected chi connectivity index (χ3v) is 4.48. The maximum absolute atomic E-state index is 13.5. The predicted octanol–water partition coefficient (Wildman–Crippen LogP) is 4.34. The third-order valence-electron chi connectivity index (χ3n) is 4.48. The van der Waals surface area contributed by atoms with Crippen LogP contribution in [0.3, 0.4) is 0 Å². The van der Waals surface area contributed by atoms with Gasteiger partial charge in [0.2, 0.25) is 0 Å². The standard InChI is InChI=1S/C20H22F2N2O3/c21-15-8-9-17(16(22)11-15)27-13-19(25)24-20-18(7-4-10-23-20)26-12-14-5-2-1-3-6-14/h4,7-11,14H,1-3,5-6,12-13H2,(H,23,24,25). The number of anilines is 1. The molecule has 1 saturated carbocycles. The van der Waals surface area contributed by atoms with Gasteiger partial charge in [-0.2, -0.15) is 0 Å². The van der Waals surface area contributed by atoms with Crippen molar-refractivity contribution in [2.24, 2.45) is 5.92 Å². The minimum atomic E-state index is -0.864. The molecule has 1 aliphatic carbocycles. The number of rotatable bonds is 7. The second-order valence-electron chi connectivity index (χ2n) is 6.58. The van der Waals surface area contributed by atoms with E-state index in [-0.39, 0.29) is 5.75 Å². The number of hydrogen-bond donors (Lipinski definition) is 1. The highest BCUT2D eigenvalue weighted by Crippen LogP contribution is 2.27. The number of hydrogen-bond acceptors (Lipinski definition) is 4. The van der Waals surface area contributed by atoms with Crippen LogP contribution in [-0.2, 0) is 4.79 Å². The van der Waals surface area contributed by atoms with Crippen molar-refractivity contribution in [1.82, 2.24) is 4.98 Å². The van der Waals surface area contributed by atoms with E-state index < -0.39 is 24.1 Å². The summed E-state index contributed by atoms with van der Waals surface area (Å²) in [5.74, 6) is -0.978. The summed E-state index contributed by atoms with van der Waals surface area (Å²) in [6.07, 6.45) is 7.57. The fourth-order valence-corrected chi connectivity index (χ4v) is 3.07. The Morgan fingerprint density at radius 3 is 2.70 bits per heavy atom. The summed E-state index contributed by atoms with van der Waals surface area (Å²) < 4.78 is 37.4. The Labute approximate surface area is 156 Å².